The molecule has 20 heavy (non-hydrogen) atoms. The van der Waals surface area contributed by atoms with Crippen LogP contribution >= 0.6 is 0 Å². The van der Waals surface area contributed by atoms with E-state index in [9.17, 15) is 19.2 Å². The summed E-state index contributed by atoms with van der Waals surface area (Å²) >= 11 is 0. The second-order valence-electron chi connectivity index (χ2n) is 4.81. The first-order valence-electron chi connectivity index (χ1n) is 6.40. The standard InChI is InChI=1S/C12H19N3O5/c1-7(11(18)19)5-6-13-12(20)14-8-3-4-9(16)15(2)10(8)17/h7-8H,3-6H2,1-2H3,(H,18,19)(H2,13,14,20). The molecule has 0 radical (unpaired) electrons. The predicted octanol–water partition coefficient (Wildman–Crippen LogP) is -0.456. The number of likely N-dealkylation sites (tertiary alicyclic amines) is 1. The molecule has 1 saturated heterocycles. The van der Waals surface area contributed by atoms with Crippen molar-refractivity contribution in [2.45, 2.75) is 32.2 Å². The average Bonchev–Trinajstić information content (AvgIpc) is 2.39. The van der Waals surface area contributed by atoms with Gasteiger partial charge in [0, 0.05) is 20.0 Å². The number of hydrogen-bond donors (Lipinski definition) is 3. The van der Waals surface area contributed by atoms with Gasteiger partial charge in [-0.3, -0.25) is 19.3 Å². The lowest BCUT2D eigenvalue weighted by atomic mass is 10.1. The van der Waals surface area contributed by atoms with Gasteiger partial charge in [-0.15, -0.1) is 0 Å². The fraction of sp³-hybridized carbons (Fsp3) is 0.667. The van der Waals surface area contributed by atoms with E-state index in [4.69, 9.17) is 5.11 Å². The highest BCUT2D eigenvalue weighted by Gasteiger charge is 2.32. The molecule has 8 nitrogen and oxygen atoms in total. The molecule has 0 aromatic rings. The Morgan fingerprint density at radius 1 is 1.45 bits per heavy atom. The minimum atomic E-state index is -0.921. The molecule has 2 unspecified atom stereocenters. The van der Waals surface area contributed by atoms with Gasteiger partial charge >= 0.3 is 12.0 Å². The third kappa shape index (κ3) is 4.22. The Morgan fingerprint density at radius 2 is 2.10 bits per heavy atom. The Labute approximate surface area is 116 Å². The number of hydrogen-bond acceptors (Lipinski definition) is 4. The van der Waals surface area contributed by atoms with Crippen molar-refractivity contribution in [2.75, 3.05) is 13.6 Å². The van der Waals surface area contributed by atoms with Crippen LogP contribution in [0, 0.1) is 5.92 Å². The lowest BCUT2D eigenvalue weighted by molar-refractivity contribution is -0.148. The molecule has 1 heterocycles. The van der Waals surface area contributed by atoms with Crippen LogP contribution < -0.4 is 10.6 Å². The van der Waals surface area contributed by atoms with Crippen molar-refractivity contribution in [1.29, 1.82) is 0 Å². The normalized spacial score (nSPS) is 20.5. The zero-order chi connectivity index (χ0) is 15.3. The predicted molar refractivity (Wildman–Crippen MR) is 68.8 cm³/mol. The molecule has 0 bridgehead atoms. The van der Waals surface area contributed by atoms with Gasteiger partial charge < -0.3 is 15.7 Å². The second kappa shape index (κ2) is 6.88. The monoisotopic (exact) mass is 285 g/mol. The fourth-order valence-electron chi connectivity index (χ4n) is 1.78. The first kappa shape index (κ1) is 15.9. The molecule has 8 heteroatoms. The summed E-state index contributed by atoms with van der Waals surface area (Å²) < 4.78 is 0. The molecule has 112 valence electrons. The number of nitrogens with one attached hydrogen (secondary N) is 2. The Bertz CT molecular complexity index is 423. The molecule has 1 fully saturated rings. The zero-order valence-electron chi connectivity index (χ0n) is 11.5. The van der Waals surface area contributed by atoms with Crippen molar-refractivity contribution >= 4 is 23.8 Å². The molecule has 3 N–H and O–H groups in total. The number of carboxylic acids is 1. The van der Waals surface area contributed by atoms with Gasteiger partial charge in [-0.25, -0.2) is 4.79 Å². The van der Waals surface area contributed by atoms with Crippen molar-refractivity contribution in [1.82, 2.24) is 15.5 Å². The number of piperidine rings is 1. The third-order valence-corrected chi connectivity index (χ3v) is 3.24. The van der Waals surface area contributed by atoms with Crippen LogP contribution in [-0.4, -0.2) is 53.5 Å². The highest BCUT2D eigenvalue weighted by Crippen LogP contribution is 2.11. The molecule has 0 saturated carbocycles. The molecule has 1 aliphatic heterocycles. The van der Waals surface area contributed by atoms with E-state index in [0.29, 0.717) is 6.42 Å². The lowest BCUT2D eigenvalue weighted by Gasteiger charge is -2.28. The number of aliphatic carboxylic acids is 1. The van der Waals surface area contributed by atoms with Crippen LogP contribution in [0.1, 0.15) is 26.2 Å². The van der Waals surface area contributed by atoms with Crippen LogP contribution in [-0.2, 0) is 14.4 Å². The second-order valence-corrected chi connectivity index (χ2v) is 4.81. The molecular weight excluding hydrogens is 266 g/mol. The van der Waals surface area contributed by atoms with E-state index >= 15 is 0 Å². The van der Waals surface area contributed by atoms with Gasteiger partial charge in [0.15, 0.2) is 0 Å². The van der Waals surface area contributed by atoms with E-state index in [1.165, 1.54) is 7.05 Å². The van der Waals surface area contributed by atoms with Crippen LogP contribution in [0.15, 0.2) is 0 Å². The lowest BCUT2D eigenvalue weighted by Crippen LogP contribution is -2.54. The quantitative estimate of drug-likeness (QED) is 0.591. The van der Waals surface area contributed by atoms with Crippen LogP contribution in [0.3, 0.4) is 0 Å². The molecule has 4 amide bonds. The number of rotatable bonds is 5. The topological polar surface area (TPSA) is 116 Å². The van der Waals surface area contributed by atoms with Gasteiger partial charge in [-0.05, 0) is 12.8 Å². The largest absolute Gasteiger partial charge is 0.481 e. The number of carbonyl (C=O) groups is 4. The van der Waals surface area contributed by atoms with E-state index < -0.39 is 29.9 Å². The summed E-state index contributed by atoms with van der Waals surface area (Å²) in [5, 5.41) is 13.7. The molecular formula is C12H19N3O5. The SMILES string of the molecule is CC(CCNC(=O)NC1CCC(=O)N(C)C1=O)C(=O)O. The summed E-state index contributed by atoms with van der Waals surface area (Å²) in [4.78, 5) is 46.2. The molecule has 0 aromatic carbocycles. The number of urea groups is 1. The minimum Gasteiger partial charge on any atom is -0.481 e. The number of amides is 4. The summed E-state index contributed by atoms with van der Waals surface area (Å²) in [6.07, 6.45) is 0.796. The molecule has 0 aromatic heterocycles. The van der Waals surface area contributed by atoms with E-state index in [2.05, 4.69) is 10.6 Å². The van der Waals surface area contributed by atoms with E-state index in [1.54, 1.807) is 6.92 Å². The summed E-state index contributed by atoms with van der Waals surface area (Å²) in [6, 6.07) is -1.25. The smallest absolute Gasteiger partial charge is 0.315 e. The van der Waals surface area contributed by atoms with Crippen molar-refractivity contribution in [3.05, 3.63) is 0 Å². The number of imide groups is 1. The molecule has 2 atom stereocenters. The molecule has 1 aliphatic rings. The van der Waals surface area contributed by atoms with Crippen LogP contribution in [0.25, 0.3) is 0 Å². The molecule has 0 spiro atoms. The molecule has 1 rings (SSSR count). The Morgan fingerprint density at radius 3 is 2.70 bits per heavy atom. The number of likely N-dealkylation sites (N-methyl/N-ethyl adjacent to an activating group) is 1. The van der Waals surface area contributed by atoms with Gasteiger partial charge in [0.1, 0.15) is 6.04 Å². The van der Waals surface area contributed by atoms with Crippen molar-refractivity contribution in [3.63, 3.8) is 0 Å². The summed E-state index contributed by atoms with van der Waals surface area (Å²) in [6.45, 7) is 1.75. The Hall–Kier alpha value is -2.12. The van der Waals surface area contributed by atoms with Gasteiger partial charge in [0.25, 0.3) is 5.91 Å². The number of carbonyl (C=O) groups excluding carboxylic acids is 3. The van der Waals surface area contributed by atoms with Gasteiger partial charge in [0.2, 0.25) is 5.91 Å². The van der Waals surface area contributed by atoms with Crippen LogP contribution in [0.4, 0.5) is 4.79 Å². The average molecular weight is 285 g/mol. The van der Waals surface area contributed by atoms with Crippen molar-refractivity contribution < 1.29 is 24.3 Å². The highest BCUT2D eigenvalue weighted by atomic mass is 16.4. The van der Waals surface area contributed by atoms with Crippen LogP contribution in [0.2, 0.25) is 0 Å². The summed E-state index contributed by atoms with van der Waals surface area (Å²) in [5.41, 5.74) is 0. The maximum Gasteiger partial charge on any atom is 0.315 e. The van der Waals surface area contributed by atoms with Gasteiger partial charge in [-0.2, -0.15) is 0 Å². The summed E-state index contributed by atoms with van der Waals surface area (Å²) in [7, 11) is 1.38. The van der Waals surface area contributed by atoms with Crippen molar-refractivity contribution in [2.24, 2.45) is 5.92 Å². The highest BCUT2D eigenvalue weighted by molar-refractivity contribution is 6.01. The van der Waals surface area contributed by atoms with E-state index in [-0.39, 0.29) is 25.3 Å². The first-order valence-corrected chi connectivity index (χ1v) is 6.40. The maximum atomic E-state index is 11.7. The zero-order valence-corrected chi connectivity index (χ0v) is 11.5. The van der Waals surface area contributed by atoms with E-state index in [0.717, 1.165) is 4.90 Å². The number of nitrogens with zero attached hydrogens (tertiary/aromatic N) is 1. The fourth-order valence-corrected chi connectivity index (χ4v) is 1.78. The maximum absolute atomic E-state index is 11.7. The van der Waals surface area contributed by atoms with Crippen LogP contribution in [0.5, 0.6) is 0 Å². The molecule has 0 aliphatic carbocycles. The summed E-state index contributed by atoms with van der Waals surface area (Å²) in [5.74, 6) is -2.16. The van der Waals surface area contributed by atoms with E-state index in [1.807, 2.05) is 0 Å². The third-order valence-electron chi connectivity index (χ3n) is 3.24. The first-order chi connectivity index (χ1) is 9.32. The van der Waals surface area contributed by atoms with Gasteiger partial charge in [0.05, 0.1) is 5.92 Å². The Balaban J connectivity index is 2.34. The van der Waals surface area contributed by atoms with Gasteiger partial charge in [-0.1, -0.05) is 6.92 Å². The minimum absolute atomic E-state index is 0.203. The Kier molecular flexibility index (Phi) is 5.48. The van der Waals surface area contributed by atoms with Crippen molar-refractivity contribution in [3.8, 4) is 0 Å². The number of carboxylic acid groups (broad SMARTS) is 1.